The fraction of sp³-hybridized carbons (Fsp3) is 0.115. The van der Waals surface area contributed by atoms with E-state index in [1.807, 2.05) is 18.2 Å². The third-order valence-electron chi connectivity index (χ3n) is 6.25. The first-order valence-electron chi connectivity index (χ1n) is 11.3. The van der Waals surface area contributed by atoms with Gasteiger partial charge in [0.25, 0.3) is 11.8 Å². The van der Waals surface area contributed by atoms with Gasteiger partial charge in [0.05, 0.1) is 23.4 Å². The molecule has 3 aromatic carbocycles. The fourth-order valence-corrected chi connectivity index (χ4v) is 4.94. The number of nitrogens with zero attached hydrogens (tertiary/aromatic N) is 2. The van der Waals surface area contributed by atoms with Crippen LogP contribution in [0.1, 0.15) is 32.0 Å². The molecule has 11 heteroatoms. The number of carbonyl (C=O) groups is 2. The van der Waals surface area contributed by atoms with Gasteiger partial charge >= 0.3 is 0 Å². The Morgan fingerprint density at radius 3 is 2.32 bits per heavy atom. The Morgan fingerprint density at radius 2 is 1.70 bits per heavy atom. The molecule has 0 spiro atoms. The lowest BCUT2D eigenvalue weighted by atomic mass is 9.88. The maximum absolute atomic E-state index is 12.8. The lowest BCUT2D eigenvalue weighted by molar-refractivity contribution is 0.0992. The van der Waals surface area contributed by atoms with E-state index in [1.54, 1.807) is 48.2 Å². The maximum atomic E-state index is 12.8. The highest BCUT2D eigenvalue weighted by atomic mass is 32.2. The molecule has 5 N–H and O–H groups in total. The Balaban J connectivity index is 1.57. The van der Waals surface area contributed by atoms with Gasteiger partial charge in [-0.1, -0.05) is 6.07 Å². The Kier molecular flexibility index (Phi) is 6.02. The van der Waals surface area contributed by atoms with Crippen molar-refractivity contribution in [2.75, 3.05) is 12.4 Å². The van der Waals surface area contributed by atoms with Crippen LogP contribution in [-0.2, 0) is 22.9 Å². The Hall–Kier alpha value is -4.48. The Bertz CT molecular complexity index is 1640. The molecular formula is C26H23N5O5S. The molecule has 0 fully saturated rings. The summed E-state index contributed by atoms with van der Waals surface area (Å²) in [5.74, 6) is -0.305. The quantitative estimate of drug-likeness (QED) is 0.356. The summed E-state index contributed by atoms with van der Waals surface area (Å²) >= 11 is 0. The number of aromatic nitrogens is 2. The smallest absolute Gasteiger partial charge is 0.269 e. The lowest BCUT2D eigenvalue weighted by Crippen LogP contribution is -2.15. The molecule has 0 radical (unpaired) electrons. The molecule has 1 aliphatic rings. The van der Waals surface area contributed by atoms with E-state index < -0.39 is 15.9 Å². The van der Waals surface area contributed by atoms with E-state index in [0.717, 1.165) is 11.1 Å². The zero-order valence-electron chi connectivity index (χ0n) is 19.8. The first-order chi connectivity index (χ1) is 17.7. The van der Waals surface area contributed by atoms with Crippen LogP contribution < -0.4 is 20.9 Å². The molecule has 2 amide bonds. The molecule has 1 heterocycles. The molecule has 0 saturated carbocycles. The minimum absolute atomic E-state index is 0.0451. The van der Waals surface area contributed by atoms with Crippen molar-refractivity contribution < 1.29 is 22.7 Å². The fourth-order valence-electron chi connectivity index (χ4n) is 4.42. The van der Waals surface area contributed by atoms with E-state index in [0.29, 0.717) is 46.8 Å². The number of nitrogens with one attached hydrogen (secondary N) is 1. The van der Waals surface area contributed by atoms with Crippen LogP contribution in [0, 0.1) is 0 Å². The number of hydrogen-bond acceptors (Lipinski definition) is 6. The molecular weight excluding hydrogens is 494 g/mol. The first kappa shape index (κ1) is 24.2. The van der Waals surface area contributed by atoms with E-state index >= 15 is 0 Å². The van der Waals surface area contributed by atoms with E-state index in [1.165, 1.54) is 12.1 Å². The van der Waals surface area contributed by atoms with Gasteiger partial charge in [-0.05, 0) is 79.1 Å². The second-order valence-electron chi connectivity index (χ2n) is 8.55. The minimum Gasteiger partial charge on any atom is -0.497 e. The van der Waals surface area contributed by atoms with Crippen molar-refractivity contribution in [3.05, 3.63) is 89.1 Å². The largest absolute Gasteiger partial charge is 0.497 e. The van der Waals surface area contributed by atoms with Crippen LogP contribution in [0.15, 0.2) is 71.6 Å². The van der Waals surface area contributed by atoms with Crippen LogP contribution in [0.25, 0.3) is 16.9 Å². The van der Waals surface area contributed by atoms with Crippen molar-refractivity contribution in [3.8, 4) is 22.7 Å². The number of nitrogens with two attached hydrogens (primary N) is 2. The number of hydrogen-bond donors (Lipinski definition) is 3. The van der Waals surface area contributed by atoms with E-state index in [2.05, 4.69) is 10.4 Å². The molecule has 5 rings (SSSR count). The number of primary sulfonamides is 1. The number of anilines is 1. The molecule has 0 bridgehead atoms. The van der Waals surface area contributed by atoms with Crippen LogP contribution >= 0.6 is 0 Å². The van der Waals surface area contributed by atoms with Crippen molar-refractivity contribution in [1.29, 1.82) is 0 Å². The van der Waals surface area contributed by atoms with Gasteiger partial charge in [-0.3, -0.25) is 9.59 Å². The van der Waals surface area contributed by atoms with Crippen molar-refractivity contribution in [1.82, 2.24) is 9.78 Å². The Morgan fingerprint density at radius 1 is 1.00 bits per heavy atom. The van der Waals surface area contributed by atoms with Crippen molar-refractivity contribution in [2.24, 2.45) is 10.9 Å². The highest BCUT2D eigenvalue weighted by Crippen LogP contribution is 2.38. The summed E-state index contributed by atoms with van der Waals surface area (Å²) in [6.45, 7) is 0. The molecule has 188 valence electrons. The highest BCUT2D eigenvalue weighted by molar-refractivity contribution is 7.89. The van der Waals surface area contributed by atoms with Gasteiger partial charge in [0.1, 0.15) is 5.75 Å². The third-order valence-corrected chi connectivity index (χ3v) is 7.18. The van der Waals surface area contributed by atoms with Gasteiger partial charge in [0.15, 0.2) is 5.69 Å². The predicted octanol–water partition coefficient (Wildman–Crippen LogP) is 2.65. The number of methoxy groups -OCH3 is 1. The third kappa shape index (κ3) is 4.57. The summed E-state index contributed by atoms with van der Waals surface area (Å²) in [5, 5.41) is 12.6. The normalized spacial score (nSPS) is 12.4. The van der Waals surface area contributed by atoms with Gasteiger partial charge in [0, 0.05) is 22.4 Å². The molecule has 37 heavy (non-hydrogen) atoms. The van der Waals surface area contributed by atoms with E-state index in [9.17, 15) is 18.0 Å². The van der Waals surface area contributed by atoms with Gasteiger partial charge < -0.3 is 15.8 Å². The minimum atomic E-state index is -3.87. The monoisotopic (exact) mass is 517 g/mol. The van der Waals surface area contributed by atoms with Crippen LogP contribution in [0.5, 0.6) is 5.75 Å². The summed E-state index contributed by atoms with van der Waals surface area (Å²) in [6, 6.07) is 18.2. The van der Waals surface area contributed by atoms with Crippen molar-refractivity contribution in [3.63, 3.8) is 0 Å². The molecule has 0 saturated heterocycles. The second-order valence-corrected chi connectivity index (χ2v) is 10.1. The van der Waals surface area contributed by atoms with Crippen LogP contribution in [0.2, 0.25) is 0 Å². The number of amides is 2. The zero-order chi connectivity index (χ0) is 26.3. The number of rotatable bonds is 6. The topological polar surface area (TPSA) is 159 Å². The summed E-state index contributed by atoms with van der Waals surface area (Å²) in [4.78, 5) is 25.0. The standard InChI is InChI=1S/C26H23N5O5S/c1-36-19-9-3-16(4-10-19)26(33)29-17-6-2-15-5-13-21-23(25(27)32)30-31(24(21)22(15)14-17)18-7-11-20(12-8-18)37(28,34)35/h2-4,6-12,14H,5,13H2,1H3,(H2,27,32)(H,29,33)(H2,28,34,35). The summed E-state index contributed by atoms with van der Waals surface area (Å²) < 4.78 is 30.1. The molecule has 10 nitrogen and oxygen atoms in total. The number of sulfonamides is 1. The molecule has 0 atom stereocenters. The summed E-state index contributed by atoms with van der Waals surface area (Å²) in [6.07, 6.45) is 1.21. The van der Waals surface area contributed by atoms with Crippen LogP contribution in [0.4, 0.5) is 5.69 Å². The van der Waals surface area contributed by atoms with Crippen LogP contribution in [-0.4, -0.2) is 37.1 Å². The Labute approximate surface area is 212 Å². The number of benzene rings is 3. The summed E-state index contributed by atoms with van der Waals surface area (Å²) in [7, 11) is -2.32. The maximum Gasteiger partial charge on any atom is 0.269 e. The summed E-state index contributed by atoms with van der Waals surface area (Å²) in [5.41, 5.74) is 10.5. The molecule has 0 unspecified atom stereocenters. The van der Waals surface area contributed by atoms with E-state index in [-0.39, 0.29) is 16.5 Å². The average Bonchev–Trinajstić information content (AvgIpc) is 3.29. The van der Waals surface area contributed by atoms with Crippen molar-refractivity contribution in [2.45, 2.75) is 17.7 Å². The van der Waals surface area contributed by atoms with Gasteiger partial charge in [0.2, 0.25) is 10.0 Å². The molecule has 4 aromatic rings. The number of ether oxygens (including phenoxy) is 1. The van der Waals surface area contributed by atoms with Gasteiger partial charge in [-0.25, -0.2) is 18.2 Å². The highest BCUT2D eigenvalue weighted by Gasteiger charge is 2.28. The molecule has 0 aliphatic heterocycles. The van der Waals surface area contributed by atoms with Gasteiger partial charge in [-0.2, -0.15) is 5.10 Å². The number of fused-ring (bicyclic) bond motifs is 3. The number of aryl methyl sites for hydroxylation is 1. The molecule has 1 aromatic heterocycles. The van der Waals surface area contributed by atoms with E-state index in [4.69, 9.17) is 15.6 Å². The van der Waals surface area contributed by atoms with Crippen LogP contribution in [0.3, 0.4) is 0 Å². The lowest BCUT2D eigenvalue weighted by Gasteiger charge is -2.20. The molecule has 1 aliphatic carbocycles. The average molecular weight is 518 g/mol. The predicted molar refractivity (Wildman–Crippen MR) is 137 cm³/mol. The zero-order valence-corrected chi connectivity index (χ0v) is 20.6. The van der Waals surface area contributed by atoms with Crippen molar-refractivity contribution >= 4 is 27.5 Å². The van der Waals surface area contributed by atoms with Gasteiger partial charge in [-0.15, -0.1) is 0 Å². The SMILES string of the molecule is COc1ccc(C(=O)Nc2ccc3c(c2)-c2c(c(C(N)=O)nn2-c2ccc(S(N)(=O)=O)cc2)CC3)cc1. The number of primary amides is 1. The number of carbonyl (C=O) groups excluding carboxylic acids is 2. The first-order valence-corrected chi connectivity index (χ1v) is 12.8. The second kappa shape index (κ2) is 9.19.